The first-order chi connectivity index (χ1) is 12.7. The lowest BCUT2D eigenvalue weighted by Crippen LogP contribution is -2.40. The summed E-state index contributed by atoms with van der Waals surface area (Å²) < 4.78 is 16.5. The number of guanidine groups is 1. The number of hydrogen-bond donors (Lipinski definition) is 2. The zero-order valence-corrected chi connectivity index (χ0v) is 16.2. The molecule has 1 aliphatic rings. The maximum atomic E-state index is 5.74. The third-order valence-electron chi connectivity index (χ3n) is 4.17. The largest absolute Gasteiger partial charge is 0.490 e. The summed E-state index contributed by atoms with van der Waals surface area (Å²) in [6.45, 7) is 5.71. The average molecular weight is 364 g/mol. The Bertz CT molecular complexity index is 566. The van der Waals surface area contributed by atoms with Crippen LogP contribution in [0.15, 0.2) is 23.2 Å². The molecule has 0 spiro atoms. The number of likely N-dealkylation sites (N-methyl/N-ethyl adjacent to an activating group) is 1. The fourth-order valence-electron chi connectivity index (χ4n) is 2.68. The Balaban J connectivity index is 1.72. The summed E-state index contributed by atoms with van der Waals surface area (Å²) in [5.41, 5.74) is 1.13. The van der Waals surface area contributed by atoms with Gasteiger partial charge in [-0.1, -0.05) is 6.07 Å². The van der Waals surface area contributed by atoms with Crippen LogP contribution in [0.4, 0.5) is 0 Å². The quantitative estimate of drug-likeness (QED) is 0.393. The van der Waals surface area contributed by atoms with Gasteiger partial charge in [0.05, 0.1) is 13.2 Å². The Labute approximate surface area is 156 Å². The number of nitrogens with zero attached hydrogens (tertiary/aromatic N) is 2. The van der Waals surface area contributed by atoms with E-state index in [1.54, 1.807) is 14.2 Å². The van der Waals surface area contributed by atoms with Crippen molar-refractivity contribution in [1.82, 2.24) is 15.5 Å². The van der Waals surface area contributed by atoms with E-state index in [-0.39, 0.29) is 0 Å². The van der Waals surface area contributed by atoms with Crippen molar-refractivity contribution in [3.05, 3.63) is 23.8 Å². The first kappa shape index (κ1) is 20.3. The Hall–Kier alpha value is -1.99. The van der Waals surface area contributed by atoms with E-state index in [1.165, 1.54) is 0 Å². The van der Waals surface area contributed by atoms with E-state index in [1.807, 2.05) is 12.1 Å². The predicted octanol–water partition coefficient (Wildman–Crippen LogP) is 1.48. The molecule has 1 aliphatic heterocycles. The van der Waals surface area contributed by atoms with Gasteiger partial charge in [-0.15, -0.1) is 0 Å². The Morgan fingerprint density at radius 2 is 2.00 bits per heavy atom. The minimum atomic E-state index is 0.681. The zero-order chi connectivity index (χ0) is 18.6. The second-order valence-electron chi connectivity index (χ2n) is 6.33. The second kappa shape index (κ2) is 11.6. The van der Waals surface area contributed by atoms with Gasteiger partial charge in [0, 0.05) is 53.4 Å². The van der Waals surface area contributed by atoms with Crippen molar-refractivity contribution in [1.29, 1.82) is 0 Å². The number of methoxy groups -OCH3 is 1. The average Bonchev–Trinajstić information content (AvgIpc) is 2.89. The summed E-state index contributed by atoms with van der Waals surface area (Å²) in [6, 6.07) is 6.06. The third-order valence-corrected chi connectivity index (χ3v) is 4.17. The SMILES string of the molecule is CN=C(NCCN(C)CCCOC)NCc1ccc2c(c1)OCCCO2. The van der Waals surface area contributed by atoms with Crippen molar-refractivity contribution in [2.45, 2.75) is 19.4 Å². The van der Waals surface area contributed by atoms with Crippen molar-refractivity contribution >= 4 is 5.96 Å². The Morgan fingerprint density at radius 3 is 2.77 bits per heavy atom. The van der Waals surface area contributed by atoms with Crippen molar-refractivity contribution in [2.75, 3.05) is 60.7 Å². The molecular formula is C19H32N4O3. The van der Waals surface area contributed by atoms with Crippen LogP contribution in [-0.2, 0) is 11.3 Å². The highest BCUT2D eigenvalue weighted by molar-refractivity contribution is 5.79. The molecule has 1 heterocycles. The number of fused-ring (bicyclic) bond motifs is 1. The van der Waals surface area contributed by atoms with Crippen LogP contribution >= 0.6 is 0 Å². The van der Waals surface area contributed by atoms with Crippen LogP contribution in [-0.4, -0.2) is 71.5 Å². The molecule has 0 atom stereocenters. The van der Waals surface area contributed by atoms with Gasteiger partial charge >= 0.3 is 0 Å². The van der Waals surface area contributed by atoms with Crippen LogP contribution in [0.3, 0.4) is 0 Å². The highest BCUT2D eigenvalue weighted by atomic mass is 16.5. The van der Waals surface area contributed by atoms with E-state index in [4.69, 9.17) is 14.2 Å². The number of nitrogens with one attached hydrogen (secondary N) is 2. The van der Waals surface area contributed by atoms with Crippen LogP contribution in [0, 0.1) is 0 Å². The molecule has 26 heavy (non-hydrogen) atoms. The lowest BCUT2D eigenvalue weighted by Gasteiger charge is -2.18. The standard InChI is InChI=1S/C19H32N4O3/c1-20-19(21-8-10-23(2)9-4-11-24-3)22-15-16-6-7-17-18(14-16)26-13-5-12-25-17/h6-7,14H,4-5,8-13,15H2,1-3H3,(H2,20,21,22). The van der Waals surface area contributed by atoms with Crippen LogP contribution in [0.25, 0.3) is 0 Å². The molecule has 0 aliphatic carbocycles. The third kappa shape index (κ3) is 7.09. The summed E-state index contributed by atoms with van der Waals surface area (Å²) in [6.07, 6.45) is 1.96. The molecule has 1 aromatic carbocycles. The van der Waals surface area contributed by atoms with Gasteiger partial charge in [0.25, 0.3) is 0 Å². The van der Waals surface area contributed by atoms with Crippen molar-refractivity contribution in [3.63, 3.8) is 0 Å². The van der Waals surface area contributed by atoms with E-state index >= 15 is 0 Å². The van der Waals surface area contributed by atoms with E-state index in [0.29, 0.717) is 19.8 Å². The smallest absolute Gasteiger partial charge is 0.191 e. The molecular weight excluding hydrogens is 332 g/mol. The fraction of sp³-hybridized carbons (Fsp3) is 0.632. The van der Waals surface area contributed by atoms with E-state index in [0.717, 1.165) is 62.1 Å². The molecule has 7 nitrogen and oxygen atoms in total. The molecule has 0 saturated carbocycles. The van der Waals surface area contributed by atoms with E-state index in [2.05, 4.69) is 33.6 Å². The van der Waals surface area contributed by atoms with Crippen molar-refractivity contribution in [3.8, 4) is 11.5 Å². The van der Waals surface area contributed by atoms with Crippen LogP contribution in [0.5, 0.6) is 11.5 Å². The summed E-state index contributed by atoms with van der Waals surface area (Å²) in [4.78, 5) is 6.56. The van der Waals surface area contributed by atoms with Gasteiger partial charge in [0.2, 0.25) is 0 Å². The zero-order valence-electron chi connectivity index (χ0n) is 16.2. The first-order valence-electron chi connectivity index (χ1n) is 9.23. The Kier molecular flexibility index (Phi) is 9.06. The number of hydrogen-bond acceptors (Lipinski definition) is 5. The fourth-order valence-corrected chi connectivity index (χ4v) is 2.68. The molecule has 0 unspecified atom stereocenters. The highest BCUT2D eigenvalue weighted by Crippen LogP contribution is 2.30. The van der Waals surface area contributed by atoms with Crippen molar-refractivity contribution < 1.29 is 14.2 Å². The molecule has 2 rings (SSSR count). The number of ether oxygens (including phenoxy) is 3. The summed E-state index contributed by atoms with van der Waals surface area (Å²) in [5, 5.41) is 6.68. The van der Waals surface area contributed by atoms with Gasteiger partial charge in [-0.25, -0.2) is 0 Å². The lowest BCUT2D eigenvalue weighted by molar-refractivity contribution is 0.180. The monoisotopic (exact) mass is 364 g/mol. The molecule has 146 valence electrons. The summed E-state index contributed by atoms with van der Waals surface area (Å²) in [7, 11) is 5.64. The molecule has 0 bridgehead atoms. The van der Waals surface area contributed by atoms with Gasteiger partial charge in [-0.2, -0.15) is 0 Å². The topological polar surface area (TPSA) is 67.4 Å². The normalized spacial score (nSPS) is 14.2. The van der Waals surface area contributed by atoms with Gasteiger partial charge in [-0.3, -0.25) is 4.99 Å². The number of aliphatic imine (C=N–C) groups is 1. The Morgan fingerprint density at radius 1 is 1.19 bits per heavy atom. The molecule has 2 N–H and O–H groups in total. The van der Waals surface area contributed by atoms with Gasteiger partial charge < -0.3 is 29.7 Å². The predicted molar refractivity (Wildman–Crippen MR) is 104 cm³/mol. The highest BCUT2D eigenvalue weighted by Gasteiger charge is 2.10. The lowest BCUT2D eigenvalue weighted by atomic mass is 10.2. The first-order valence-corrected chi connectivity index (χ1v) is 9.23. The molecule has 1 aromatic rings. The summed E-state index contributed by atoms with van der Waals surface area (Å²) in [5.74, 6) is 2.44. The molecule has 0 fully saturated rings. The van der Waals surface area contributed by atoms with E-state index in [9.17, 15) is 0 Å². The second-order valence-corrected chi connectivity index (χ2v) is 6.33. The molecule has 0 saturated heterocycles. The van der Waals surface area contributed by atoms with Crippen LogP contribution in [0.1, 0.15) is 18.4 Å². The molecule has 0 aromatic heterocycles. The van der Waals surface area contributed by atoms with Crippen molar-refractivity contribution in [2.24, 2.45) is 4.99 Å². The number of benzene rings is 1. The number of rotatable bonds is 9. The minimum absolute atomic E-state index is 0.681. The van der Waals surface area contributed by atoms with Crippen LogP contribution < -0.4 is 20.1 Å². The maximum Gasteiger partial charge on any atom is 0.191 e. The van der Waals surface area contributed by atoms with Gasteiger partial charge in [-0.05, 0) is 31.2 Å². The molecule has 0 radical (unpaired) electrons. The van der Waals surface area contributed by atoms with E-state index < -0.39 is 0 Å². The van der Waals surface area contributed by atoms with Gasteiger partial charge in [0.1, 0.15) is 0 Å². The minimum Gasteiger partial charge on any atom is -0.490 e. The van der Waals surface area contributed by atoms with Gasteiger partial charge in [0.15, 0.2) is 17.5 Å². The molecule has 7 heteroatoms. The summed E-state index contributed by atoms with van der Waals surface area (Å²) >= 11 is 0. The van der Waals surface area contributed by atoms with Crippen LogP contribution in [0.2, 0.25) is 0 Å². The molecule has 0 amide bonds. The maximum absolute atomic E-state index is 5.74.